The molecule has 27 heavy (non-hydrogen) atoms. The predicted molar refractivity (Wildman–Crippen MR) is 106 cm³/mol. The van der Waals surface area contributed by atoms with Crippen LogP contribution in [0.2, 0.25) is 5.02 Å². The van der Waals surface area contributed by atoms with E-state index in [2.05, 4.69) is 5.32 Å². The van der Waals surface area contributed by atoms with Gasteiger partial charge in [-0.1, -0.05) is 23.7 Å². The molecule has 0 amide bonds. The van der Waals surface area contributed by atoms with Crippen LogP contribution >= 0.6 is 11.6 Å². The van der Waals surface area contributed by atoms with Crippen LogP contribution in [0, 0.1) is 5.82 Å². The van der Waals surface area contributed by atoms with E-state index in [0.717, 1.165) is 36.9 Å². The molecule has 0 aliphatic carbocycles. The van der Waals surface area contributed by atoms with Crippen LogP contribution in [0.15, 0.2) is 36.4 Å². The van der Waals surface area contributed by atoms with E-state index in [-0.39, 0.29) is 12.4 Å². The lowest BCUT2D eigenvalue weighted by Gasteiger charge is -2.15. The fourth-order valence-corrected chi connectivity index (χ4v) is 2.82. The molecule has 2 rings (SSSR count). The molecule has 0 aliphatic heterocycles. The molecule has 0 spiro atoms. The Kier molecular flexibility index (Phi) is 9.39. The highest BCUT2D eigenvalue weighted by atomic mass is 35.5. The summed E-state index contributed by atoms with van der Waals surface area (Å²) >= 11 is 6.41. The van der Waals surface area contributed by atoms with E-state index in [1.54, 1.807) is 18.2 Å². The summed E-state index contributed by atoms with van der Waals surface area (Å²) in [6, 6.07) is 9.85. The Morgan fingerprint density at radius 2 is 1.78 bits per heavy atom. The van der Waals surface area contributed by atoms with Gasteiger partial charge in [0.05, 0.1) is 6.61 Å². The van der Waals surface area contributed by atoms with Crippen LogP contribution in [0.5, 0.6) is 11.5 Å². The van der Waals surface area contributed by atoms with Gasteiger partial charge >= 0.3 is 0 Å². The second kappa shape index (κ2) is 11.8. The number of rotatable bonds is 12. The summed E-state index contributed by atoms with van der Waals surface area (Å²) in [6.45, 7) is 4.47. The highest BCUT2D eigenvalue weighted by molar-refractivity contribution is 6.31. The highest BCUT2D eigenvalue weighted by Crippen LogP contribution is 2.34. The van der Waals surface area contributed by atoms with E-state index < -0.39 is 0 Å². The monoisotopic (exact) mass is 395 g/mol. The molecule has 0 bridgehead atoms. The largest absolute Gasteiger partial charge is 0.490 e. The number of hydrogen-bond acceptors (Lipinski definition) is 4. The molecule has 0 fully saturated rings. The van der Waals surface area contributed by atoms with Crippen molar-refractivity contribution in [3.63, 3.8) is 0 Å². The zero-order chi connectivity index (χ0) is 19.5. The minimum absolute atomic E-state index is 0.239. The molecule has 2 N–H and O–H groups in total. The Bertz CT molecular complexity index is 695. The van der Waals surface area contributed by atoms with Crippen molar-refractivity contribution < 1.29 is 19.0 Å². The average molecular weight is 396 g/mol. The van der Waals surface area contributed by atoms with Crippen LogP contribution in [0.25, 0.3) is 0 Å². The highest BCUT2D eigenvalue weighted by Gasteiger charge is 2.11. The summed E-state index contributed by atoms with van der Waals surface area (Å²) in [5.41, 5.74) is 1.81. The third kappa shape index (κ3) is 7.37. The van der Waals surface area contributed by atoms with Crippen molar-refractivity contribution in [2.45, 2.75) is 39.3 Å². The SMILES string of the molecule is CCOc1cc(CNCCCCCO)c(Cl)cc1OCc1ccc(F)cc1. The van der Waals surface area contributed by atoms with E-state index in [4.69, 9.17) is 26.2 Å². The fourth-order valence-electron chi connectivity index (χ4n) is 2.60. The first-order valence-electron chi connectivity index (χ1n) is 9.28. The number of hydrogen-bond donors (Lipinski definition) is 2. The maximum Gasteiger partial charge on any atom is 0.163 e. The molecule has 6 heteroatoms. The average Bonchev–Trinajstić information content (AvgIpc) is 2.67. The number of aliphatic hydroxyl groups excluding tert-OH is 1. The molecule has 0 saturated carbocycles. The standard InChI is InChI=1S/C21H27ClFNO3/c1-2-26-20-12-17(14-24-10-4-3-5-11-25)19(22)13-21(20)27-15-16-6-8-18(23)9-7-16/h6-9,12-13,24-25H,2-5,10-11,14-15H2,1H3. The van der Waals surface area contributed by atoms with Gasteiger partial charge in [-0.15, -0.1) is 0 Å². The van der Waals surface area contributed by atoms with E-state index in [0.29, 0.717) is 36.3 Å². The number of unbranched alkanes of at least 4 members (excludes halogenated alkanes) is 2. The molecule has 0 aliphatic rings. The van der Waals surface area contributed by atoms with Gasteiger partial charge in [0.15, 0.2) is 11.5 Å². The van der Waals surface area contributed by atoms with E-state index >= 15 is 0 Å². The molecule has 2 aromatic carbocycles. The van der Waals surface area contributed by atoms with Crippen LogP contribution in [0.4, 0.5) is 4.39 Å². The molecule has 0 unspecified atom stereocenters. The van der Waals surface area contributed by atoms with Crippen LogP contribution in [-0.2, 0) is 13.2 Å². The summed E-state index contributed by atoms with van der Waals surface area (Å²) < 4.78 is 24.6. The van der Waals surface area contributed by atoms with Crippen LogP contribution in [-0.4, -0.2) is 24.9 Å². The third-order valence-corrected chi connectivity index (χ3v) is 4.40. The Labute approximate surface area is 165 Å². The lowest BCUT2D eigenvalue weighted by atomic mass is 10.2. The molecule has 2 aromatic rings. The third-order valence-electron chi connectivity index (χ3n) is 4.05. The maximum atomic E-state index is 13.0. The van der Waals surface area contributed by atoms with E-state index in [1.807, 2.05) is 13.0 Å². The van der Waals surface area contributed by atoms with Crippen molar-refractivity contribution in [1.29, 1.82) is 0 Å². The lowest BCUT2D eigenvalue weighted by molar-refractivity contribution is 0.269. The fraction of sp³-hybridized carbons (Fsp3) is 0.429. The summed E-state index contributed by atoms with van der Waals surface area (Å²) in [5, 5.41) is 12.8. The van der Waals surface area contributed by atoms with E-state index in [9.17, 15) is 4.39 Å². The van der Waals surface area contributed by atoms with Gasteiger partial charge in [0.25, 0.3) is 0 Å². The maximum absolute atomic E-state index is 13.0. The summed E-state index contributed by atoms with van der Waals surface area (Å²) in [7, 11) is 0. The van der Waals surface area contributed by atoms with Gasteiger partial charge in [0.1, 0.15) is 12.4 Å². The van der Waals surface area contributed by atoms with Gasteiger partial charge in [0.2, 0.25) is 0 Å². The molecule has 4 nitrogen and oxygen atoms in total. The molecule has 0 heterocycles. The minimum Gasteiger partial charge on any atom is -0.490 e. The molecule has 0 saturated heterocycles. The molecular formula is C21H27ClFNO3. The summed E-state index contributed by atoms with van der Waals surface area (Å²) in [6.07, 6.45) is 2.84. The first-order chi connectivity index (χ1) is 13.1. The zero-order valence-corrected chi connectivity index (χ0v) is 16.4. The van der Waals surface area contributed by atoms with Crippen molar-refractivity contribution in [2.75, 3.05) is 19.8 Å². The first kappa shape index (κ1) is 21.5. The number of ether oxygens (including phenoxy) is 2. The van der Waals surface area contributed by atoms with Gasteiger partial charge in [-0.05, 0) is 62.1 Å². The number of aliphatic hydroxyl groups is 1. The predicted octanol–water partition coefficient (Wildman–Crippen LogP) is 4.71. The van der Waals surface area contributed by atoms with Gasteiger partial charge in [-0.25, -0.2) is 4.39 Å². The molecule has 0 radical (unpaired) electrons. The van der Waals surface area contributed by atoms with Gasteiger partial charge in [-0.3, -0.25) is 0 Å². The summed E-state index contributed by atoms with van der Waals surface area (Å²) in [5.74, 6) is 0.934. The van der Waals surface area contributed by atoms with Gasteiger partial charge in [-0.2, -0.15) is 0 Å². The Hall–Kier alpha value is -1.82. The van der Waals surface area contributed by atoms with E-state index in [1.165, 1.54) is 12.1 Å². The smallest absolute Gasteiger partial charge is 0.163 e. The van der Waals surface area contributed by atoms with Crippen molar-refractivity contribution in [1.82, 2.24) is 5.32 Å². The summed E-state index contributed by atoms with van der Waals surface area (Å²) in [4.78, 5) is 0. The number of halogens is 2. The Morgan fingerprint density at radius 3 is 2.48 bits per heavy atom. The molecule has 0 aromatic heterocycles. The second-order valence-electron chi connectivity index (χ2n) is 6.20. The normalized spacial score (nSPS) is 10.8. The Balaban J connectivity index is 1.98. The first-order valence-corrected chi connectivity index (χ1v) is 9.66. The lowest BCUT2D eigenvalue weighted by Crippen LogP contribution is -2.15. The molecule has 0 atom stereocenters. The Morgan fingerprint density at radius 1 is 1.04 bits per heavy atom. The zero-order valence-electron chi connectivity index (χ0n) is 15.6. The van der Waals surface area contributed by atoms with Crippen molar-refractivity contribution >= 4 is 11.6 Å². The van der Waals surface area contributed by atoms with Crippen molar-refractivity contribution in [2.24, 2.45) is 0 Å². The molecular weight excluding hydrogens is 369 g/mol. The van der Waals surface area contributed by atoms with Crippen LogP contribution in [0.1, 0.15) is 37.3 Å². The second-order valence-corrected chi connectivity index (χ2v) is 6.61. The van der Waals surface area contributed by atoms with Crippen LogP contribution in [0.3, 0.4) is 0 Å². The quantitative estimate of drug-likeness (QED) is 0.511. The van der Waals surface area contributed by atoms with Gasteiger partial charge in [0, 0.05) is 24.2 Å². The number of benzene rings is 2. The van der Waals surface area contributed by atoms with Crippen molar-refractivity contribution in [3.05, 3.63) is 58.4 Å². The van der Waals surface area contributed by atoms with Crippen LogP contribution < -0.4 is 14.8 Å². The van der Waals surface area contributed by atoms with Gasteiger partial charge < -0.3 is 19.9 Å². The molecule has 148 valence electrons. The number of nitrogens with one attached hydrogen (secondary N) is 1. The topological polar surface area (TPSA) is 50.7 Å². The minimum atomic E-state index is -0.273. The van der Waals surface area contributed by atoms with Crippen molar-refractivity contribution in [3.8, 4) is 11.5 Å².